The van der Waals surface area contributed by atoms with Gasteiger partial charge in [0.05, 0.1) is 5.52 Å². The van der Waals surface area contributed by atoms with Crippen molar-refractivity contribution < 1.29 is 0 Å². The van der Waals surface area contributed by atoms with E-state index in [-0.39, 0.29) is 0 Å². The number of para-hydroxylation sites is 1. The molecule has 1 aromatic heterocycles. The van der Waals surface area contributed by atoms with Crippen molar-refractivity contribution >= 4 is 28.4 Å². The number of anilines is 1. The Hall–Kier alpha value is -1.22. The molecule has 0 fully saturated rings. The zero-order valence-corrected chi connectivity index (χ0v) is 11.8. The zero-order valence-electron chi connectivity index (χ0n) is 11.0. The van der Waals surface area contributed by atoms with Gasteiger partial charge in [0.1, 0.15) is 0 Å². The molecule has 3 heteroatoms. The molecular formula is C15H20N2S. The van der Waals surface area contributed by atoms with Gasteiger partial charge in [-0.2, -0.15) is 11.8 Å². The van der Waals surface area contributed by atoms with E-state index in [1.54, 1.807) is 0 Å². The van der Waals surface area contributed by atoms with Crippen LogP contribution in [-0.2, 0) is 0 Å². The lowest BCUT2D eigenvalue weighted by molar-refractivity contribution is 0.772. The Kier molecular flexibility index (Phi) is 4.88. The van der Waals surface area contributed by atoms with E-state index in [1.807, 2.05) is 24.0 Å². The topological polar surface area (TPSA) is 24.9 Å². The number of thioether (sulfide) groups is 1. The molecule has 2 aromatic rings. The van der Waals surface area contributed by atoms with Crippen LogP contribution in [0.5, 0.6) is 0 Å². The lowest BCUT2D eigenvalue weighted by atomic mass is 10.1. The molecule has 1 heterocycles. The van der Waals surface area contributed by atoms with Gasteiger partial charge >= 0.3 is 0 Å². The standard InChI is InChI=1S/C15H20N2S/c1-3-18-11-9-12(2)17-15-8-10-16-14-7-5-4-6-13(14)15/h4-8,10,12H,3,9,11H2,1-2H3,(H,16,17). The molecule has 0 aliphatic rings. The predicted octanol–water partition coefficient (Wildman–Crippen LogP) is 4.18. The normalized spacial score (nSPS) is 12.6. The van der Waals surface area contributed by atoms with Crippen LogP contribution in [0.2, 0.25) is 0 Å². The Morgan fingerprint density at radius 3 is 2.94 bits per heavy atom. The number of nitrogens with one attached hydrogen (secondary N) is 1. The van der Waals surface area contributed by atoms with Crippen molar-refractivity contribution in [3.63, 3.8) is 0 Å². The molecule has 18 heavy (non-hydrogen) atoms. The minimum atomic E-state index is 0.495. The van der Waals surface area contributed by atoms with Gasteiger partial charge in [-0.15, -0.1) is 0 Å². The average Bonchev–Trinajstić information content (AvgIpc) is 2.39. The summed E-state index contributed by atoms with van der Waals surface area (Å²) < 4.78 is 0. The minimum Gasteiger partial charge on any atom is -0.382 e. The Balaban J connectivity index is 2.07. The fourth-order valence-electron chi connectivity index (χ4n) is 1.96. The van der Waals surface area contributed by atoms with E-state index >= 15 is 0 Å². The molecule has 1 atom stereocenters. The summed E-state index contributed by atoms with van der Waals surface area (Å²) in [6.45, 7) is 4.45. The van der Waals surface area contributed by atoms with Gasteiger partial charge in [0.15, 0.2) is 0 Å². The van der Waals surface area contributed by atoms with E-state index in [0.29, 0.717) is 6.04 Å². The lowest BCUT2D eigenvalue weighted by Crippen LogP contribution is -2.16. The third-order valence-electron chi connectivity index (χ3n) is 2.95. The van der Waals surface area contributed by atoms with Gasteiger partial charge in [0.25, 0.3) is 0 Å². The molecule has 0 radical (unpaired) electrons. The zero-order chi connectivity index (χ0) is 12.8. The monoisotopic (exact) mass is 260 g/mol. The van der Waals surface area contributed by atoms with E-state index in [0.717, 1.165) is 5.52 Å². The summed E-state index contributed by atoms with van der Waals surface area (Å²) in [5.74, 6) is 2.42. The summed E-state index contributed by atoms with van der Waals surface area (Å²) in [5, 5.41) is 4.79. The number of nitrogens with zero attached hydrogens (tertiary/aromatic N) is 1. The number of rotatable bonds is 6. The van der Waals surface area contributed by atoms with Crippen LogP contribution in [0, 0.1) is 0 Å². The third-order valence-corrected chi connectivity index (χ3v) is 3.88. The van der Waals surface area contributed by atoms with Crippen molar-refractivity contribution in [3.05, 3.63) is 36.5 Å². The number of fused-ring (bicyclic) bond motifs is 1. The fraction of sp³-hybridized carbons (Fsp3) is 0.400. The quantitative estimate of drug-likeness (QED) is 0.789. The third kappa shape index (κ3) is 3.39. The van der Waals surface area contributed by atoms with Gasteiger partial charge in [-0.25, -0.2) is 0 Å². The summed E-state index contributed by atoms with van der Waals surface area (Å²) in [7, 11) is 0. The molecule has 0 saturated heterocycles. The molecule has 1 N–H and O–H groups in total. The van der Waals surface area contributed by atoms with Gasteiger partial charge in [0, 0.05) is 23.3 Å². The molecule has 0 amide bonds. The summed E-state index contributed by atoms with van der Waals surface area (Å²) in [6.07, 6.45) is 3.06. The van der Waals surface area contributed by atoms with E-state index < -0.39 is 0 Å². The molecule has 0 bridgehead atoms. The first kappa shape index (κ1) is 13.2. The average molecular weight is 260 g/mol. The van der Waals surface area contributed by atoms with Crippen LogP contribution in [0.15, 0.2) is 36.5 Å². The largest absolute Gasteiger partial charge is 0.382 e. The SMILES string of the molecule is CCSCCC(C)Nc1ccnc2ccccc12. The minimum absolute atomic E-state index is 0.495. The van der Waals surface area contributed by atoms with Crippen molar-refractivity contribution in [2.24, 2.45) is 0 Å². The molecule has 0 spiro atoms. The second-order valence-electron chi connectivity index (χ2n) is 4.41. The maximum absolute atomic E-state index is 4.38. The van der Waals surface area contributed by atoms with Crippen LogP contribution in [0.25, 0.3) is 10.9 Å². The molecule has 1 aromatic carbocycles. The first-order valence-electron chi connectivity index (χ1n) is 6.49. The highest BCUT2D eigenvalue weighted by molar-refractivity contribution is 7.99. The number of aromatic nitrogens is 1. The Labute approximate surface area is 113 Å². The molecule has 0 aliphatic carbocycles. The maximum atomic E-state index is 4.38. The van der Waals surface area contributed by atoms with E-state index in [2.05, 4.69) is 48.4 Å². The number of pyridine rings is 1. The predicted molar refractivity (Wildman–Crippen MR) is 82.4 cm³/mol. The Bertz CT molecular complexity index is 493. The first-order chi connectivity index (χ1) is 8.81. The fourth-order valence-corrected chi connectivity index (χ4v) is 2.77. The molecule has 96 valence electrons. The lowest BCUT2D eigenvalue weighted by Gasteiger charge is -2.16. The second kappa shape index (κ2) is 6.64. The molecule has 1 unspecified atom stereocenters. The highest BCUT2D eigenvalue weighted by Crippen LogP contribution is 2.22. The smallest absolute Gasteiger partial charge is 0.0722 e. The molecule has 0 saturated carbocycles. The van der Waals surface area contributed by atoms with Crippen LogP contribution in [0.1, 0.15) is 20.3 Å². The van der Waals surface area contributed by atoms with Crippen molar-refractivity contribution in [3.8, 4) is 0 Å². The van der Waals surface area contributed by atoms with Crippen LogP contribution in [-0.4, -0.2) is 22.5 Å². The summed E-state index contributed by atoms with van der Waals surface area (Å²) >= 11 is 2.00. The van der Waals surface area contributed by atoms with Gasteiger partial charge in [-0.05, 0) is 37.0 Å². The van der Waals surface area contributed by atoms with Crippen LogP contribution < -0.4 is 5.32 Å². The Morgan fingerprint density at radius 1 is 1.28 bits per heavy atom. The van der Waals surface area contributed by atoms with Crippen molar-refractivity contribution in [1.29, 1.82) is 0 Å². The van der Waals surface area contributed by atoms with Gasteiger partial charge < -0.3 is 5.32 Å². The second-order valence-corrected chi connectivity index (χ2v) is 5.80. The molecular weight excluding hydrogens is 240 g/mol. The summed E-state index contributed by atoms with van der Waals surface area (Å²) in [6, 6.07) is 10.8. The highest BCUT2D eigenvalue weighted by Gasteiger charge is 2.05. The van der Waals surface area contributed by atoms with Gasteiger partial charge in [-0.1, -0.05) is 25.1 Å². The molecule has 0 aliphatic heterocycles. The van der Waals surface area contributed by atoms with Crippen LogP contribution >= 0.6 is 11.8 Å². The van der Waals surface area contributed by atoms with Crippen molar-refractivity contribution in [2.75, 3.05) is 16.8 Å². The van der Waals surface area contributed by atoms with Gasteiger partial charge in [0.2, 0.25) is 0 Å². The Morgan fingerprint density at radius 2 is 2.11 bits per heavy atom. The van der Waals surface area contributed by atoms with Crippen molar-refractivity contribution in [2.45, 2.75) is 26.3 Å². The van der Waals surface area contributed by atoms with E-state index in [9.17, 15) is 0 Å². The maximum Gasteiger partial charge on any atom is 0.0722 e. The van der Waals surface area contributed by atoms with E-state index in [1.165, 1.54) is 29.0 Å². The number of benzene rings is 1. The van der Waals surface area contributed by atoms with Crippen LogP contribution in [0.4, 0.5) is 5.69 Å². The van der Waals surface area contributed by atoms with Gasteiger partial charge in [-0.3, -0.25) is 4.98 Å². The number of hydrogen-bond acceptors (Lipinski definition) is 3. The summed E-state index contributed by atoms with van der Waals surface area (Å²) in [5.41, 5.74) is 2.24. The van der Waals surface area contributed by atoms with Crippen molar-refractivity contribution in [1.82, 2.24) is 4.98 Å². The van der Waals surface area contributed by atoms with Crippen LogP contribution in [0.3, 0.4) is 0 Å². The summed E-state index contributed by atoms with van der Waals surface area (Å²) in [4.78, 5) is 4.38. The molecule has 2 rings (SSSR count). The first-order valence-corrected chi connectivity index (χ1v) is 7.64. The van der Waals surface area contributed by atoms with E-state index in [4.69, 9.17) is 0 Å². The molecule has 2 nitrogen and oxygen atoms in total. The highest BCUT2D eigenvalue weighted by atomic mass is 32.2. The number of hydrogen-bond donors (Lipinski definition) is 1.